The van der Waals surface area contributed by atoms with Crippen LogP contribution in [0.1, 0.15) is 139 Å². The molecule has 6 aliphatic carbocycles. The number of halogens is 1. The molecule has 2 N–H and O–H groups in total. The molecule has 1 aliphatic heterocycles. The van der Waals surface area contributed by atoms with Crippen LogP contribution in [0.4, 0.5) is 0 Å². The summed E-state index contributed by atoms with van der Waals surface area (Å²) in [7, 11) is -2.93. The van der Waals surface area contributed by atoms with Crippen molar-refractivity contribution in [1.82, 2.24) is 10.2 Å². The van der Waals surface area contributed by atoms with E-state index in [9.17, 15) is 27.9 Å². The Kier molecular flexibility index (Phi) is 12.7. The van der Waals surface area contributed by atoms with Gasteiger partial charge in [0.2, 0.25) is 0 Å². The number of hydrogen-bond acceptors (Lipinski definition) is 9. The van der Waals surface area contributed by atoms with Crippen molar-refractivity contribution in [1.29, 1.82) is 0 Å². The lowest BCUT2D eigenvalue weighted by Crippen LogP contribution is -2.66. The molecule has 64 heavy (non-hydrogen) atoms. The molecule has 10 nitrogen and oxygen atoms in total. The van der Waals surface area contributed by atoms with Crippen molar-refractivity contribution in [3.8, 4) is 5.75 Å². The maximum atomic E-state index is 14.3. The Balaban J connectivity index is 0.951. The van der Waals surface area contributed by atoms with E-state index in [0.29, 0.717) is 74.2 Å². The van der Waals surface area contributed by atoms with Gasteiger partial charge in [-0.2, -0.15) is 0 Å². The molecule has 0 bridgehead atoms. The number of hydrogen-bond donors (Lipinski definition) is 2. The third-order valence-corrected chi connectivity index (χ3v) is 21.7. The van der Waals surface area contributed by atoms with E-state index < -0.39 is 27.1 Å². The molecule has 0 aromatic heterocycles. The summed E-state index contributed by atoms with van der Waals surface area (Å²) in [4.78, 5) is 41.9. The second-order valence-electron chi connectivity index (χ2n) is 23.8. The third-order valence-electron chi connectivity index (χ3n) is 19.8. The van der Waals surface area contributed by atoms with Crippen molar-refractivity contribution in [2.75, 3.05) is 44.3 Å². The minimum atomic E-state index is -2.93. The number of rotatable bonds is 13. The van der Waals surface area contributed by atoms with Gasteiger partial charge in [0.15, 0.2) is 15.6 Å². The number of ketones is 1. The van der Waals surface area contributed by atoms with Gasteiger partial charge in [0.25, 0.3) is 0 Å². The Labute approximate surface area is 388 Å². The molecule has 1 aromatic carbocycles. The lowest BCUT2D eigenvalue weighted by atomic mass is 9.33. The number of fused-ring (bicyclic) bond motifs is 7. The second kappa shape index (κ2) is 16.9. The van der Waals surface area contributed by atoms with E-state index in [1.165, 1.54) is 5.57 Å². The lowest BCUT2D eigenvalue weighted by molar-refractivity contribution is -0.236. The monoisotopic (exact) mass is 925 g/mol. The number of benzene rings is 1. The Morgan fingerprint density at radius 2 is 1.62 bits per heavy atom. The highest BCUT2D eigenvalue weighted by molar-refractivity contribution is 7.91. The predicted molar refractivity (Wildman–Crippen MR) is 251 cm³/mol. The van der Waals surface area contributed by atoms with Crippen molar-refractivity contribution >= 4 is 39.2 Å². The molecular formula is C52H77ClN2O8S. The molecule has 0 unspecified atom stereocenters. The summed E-state index contributed by atoms with van der Waals surface area (Å²) in [6, 6.07) is 5.79. The van der Waals surface area contributed by atoms with Gasteiger partial charge in [-0.25, -0.2) is 8.42 Å². The van der Waals surface area contributed by atoms with Crippen LogP contribution in [0.15, 0.2) is 29.3 Å². The van der Waals surface area contributed by atoms with Gasteiger partial charge in [0, 0.05) is 54.0 Å². The van der Waals surface area contributed by atoms with Crippen LogP contribution in [-0.4, -0.2) is 86.5 Å². The number of ether oxygens (including phenoxy) is 2. The fourth-order valence-electron chi connectivity index (χ4n) is 15.8. The van der Waals surface area contributed by atoms with E-state index in [2.05, 4.69) is 58.7 Å². The number of Topliss-reactive ketones (excluding diaryl/α,β-unsaturated/α-hetero) is 1. The van der Waals surface area contributed by atoms with E-state index in [1.807, 2.05) is 32.0 Å². The molecule has 1 aromatic rings. The Hall–Kier alpha value is -2.47. The van der Waals surface area contributed by atoms with Crippen LogP contribution < -0.4 is 10.1 Å². The first-order valence-electron chi connectivity index (χ1n) is 24.7. The number of aliphatic carboxylic acids is 1. The van der Waals surface area contributed by atoms with Crippen LogP contribution in [0.2, 0.25) is 5.02 Å². The topological polar surface area (TPSA) is 139 Å². The molecule has 1 saturated heterocycles. The molecule has 0 spiro atoms. The van der Waals surface area contributed by atoms with Crippen LogP contribution >= 0.6 is 11.6 Å². The second-order valence-corrected chi connectivity index (χ2v) is 26.5. The quantitative estimate of drug-likeness (QED) is 0.145. The van der Waals surface area contributed by atoms with Crippen LogP contribution in [0.3, 0.4) is 0 Å². The Morgan fingerprint density at radius 1 is 0.906 bits per heavy atom. The first-order chi connectivity index (χ1) is 29.9. The summed E-state index contributed by atoms with van der Waals surface area (Å²) in [5, 5.41) is 14.1. The number of esters is 1. The largest absolute Gasteiger partial charge is 0.492 e. The number of nitrogens with one attached hydrogen (secondary N) is 1. The molecule has 7 aliphatic rings. The van der Waals surface area contributed by atoms with Crippen molar-refractivity contribution in [2.24, 2.45) is 68.0 Å². The van der Waals surface area contributed by atoms with Gasteiger partial charge in [0.1, 0.15) is 18.5 Å². The highest BCUT2D eigenvalue weighted by atomic mass is 35.5. The van der Waals surface area contributed by atoms with Crippen LogP contribution in [-0.2, 0) is 35.5 Å². The van der Waals surface area contributed by atoms with Gasteiger partial charge in [-0.05, 0) is 134 Å². The third kappa shape index (κ3) is 7.91. The zero-order valence-corrected chi connectivity index (χ0v) is 41.8. The fourth-order valence-corrected chi connectivity index (χ4v) is 17.3. The summed E-state index contributed by atoms with van der Waals surface area (Å²) in [6.07, 6.45) is 10.2. The van der Waals surface area contributed by atoms with Crippen molar-refractivity contribution in [3.05, 3.63) is 39.9 Å². The molecule has 356 valence electrons. The molecule has 10 atom stereocenters. The molecule has 5 saturated carbocycles. The molecule has 1 heterocycles. The van der Waals surface area contributed by atoms with Gasteiger partial charge >= 0.3 is 11.9 Å². The van der Waals surface area contributed by atoms with Crippen LogP contribution in [0.5, 0.6) is 5.75 Å². The average Bonchev–Trinajstić information content (AvgIpc) is 3.50. The molecular weight excluding hydrogens is 848 g/mol. The first-order valence-corrected chi connectivity index (χ1v) is 26.9. The number of carboxylic acid groups (broad SMARTS) is 1. The SMILES string of the molecule is CC(C)C1=C2[C@H]3CC[C@@H]4[C@@]5(C)CC[C@H](OC(=O)[C@H]6C[C@@H](C(=O)O)C6(C)C)C(C)(C)[C@@H]5CC[C@@]4(C)[C@]3(C)CC[C@@]2(CCNCc2ccc(Cl)cc2OCCN2CCS(=O)(=O)CC2)CC1=O. The highest BCUT2D eigenvalue weighted by Gasteiger charge is 2.70. The zero-order valence-electron chi connectivity index (χ0n) is 40.2. The van der Waals surface area contributed by atoms with Crippen molar-refractivity contribution in [3.63, 3.8) is 0 Å². The molecule has 0 radical (unpaired) electrons. The first kappa shape index (κ1) is 48.0. The number of carboxylic acids is 1. The fraction of sp³-hybridized carbons (Fsp3) is 0.788. The number of carbonyl (C=O) groups is 3. The van der Waals surface area contributed by atoms with Gasteiger partial charge in [-0.15, -0.1) is 0 Å². The van der Waals surface area contributed by atoms with Gasteiger partial charge in [-0.1, -0.05) is 85.6 Å². The number of carbonyl (C=O) groups excluding carboxylic acids is 2. The Morgan fingerprint density at radius 3 is 2.30 bits per heavy atom. The average molecular weight is 926 g/mol. The number of nitrogens with zero attached hydrogens (tertiary/aromatic N) is 1. The summed E-state index contributed by atoms with van der Waals surface area (Å²) in [6.45, 7) is 24.3. The van der Waals surface area contributed by atoms with Gasteiger partial charge in [-0.3, -0.25) is 19.3 Å². The van der Waals surface area contributed by atoms with Crippen molar-refractivity contribution in [2.45, 2.75) is 146 Å². The van der Waals surface area contributed by atoms with Crippen LogP contribution in [0.25, 0.3) is 0 Å². The van der Waals surface area contributed by atoms with E-state index in [0.717, 1.165) is 81.2 Å². The minimum Gasteiger partial charge on any atom is -0.492 e. The maximum Gasteiger partial charge on any atom is 0.309 e. The summed E-state index contributed by atoms with van der Waals surface area (Å²) >= 11 is 6.44. The standard InChI is InChI=1S/C52H77ClN2O8S/c1-32(2)43-38(56)30-52(20-21-54-31-33-10-11-34(53)28-39(33)62-25-22-55-23-26-64(60,61)27-24-55)19-18-50(8)35(44(43)52)12-13-41-49(7)16-15-42(48(5,6)40(49)14-17-51(41,50)9)63-46(59)37-29-36(45(57)58)47(37,3)4/h10-11,28,32,35-37,40-42,54H,12-27,29-31H2,1-9H3,(H,57,58)/t35-,36+,37-,40+,41-,42+,49+,50-,51-,52-/m1/s1. The zero-order chi connectivity index (χ0) is 46.4. The molecule has 12 heteroatoms. The van der Waals surface area contributed by atoms with Gasteiger partial charge in [0.05, 0.1) is 23.3 Å². The van der Waals surface area contributed by atoms with E-state index in [1.54, 1.807) is 0 Å². The van der Waals surface area contributed by atoms with E-state index in [-0.39, 0.29) is 62.5 Å². The smallest absolute Gasteiger partial charge is 0.309 e. The van der Waals surface area contributed by atoms with E-state index >= 15 is 0 Å². The normalized spacial score (nSPS) is 38.6. The van der Waals surface area contributed by atoms with E-state index in [4.69, 9.17) is 21.1 Å². The maximum absolute atomic E-state index is 14.3. The lowest BCUT2D eigenvalue weighted by Gasteiger charge is -2.72. The highest BCUT2D eigenvalue weighted by Crippen LogP contribution is 2.77. The summed E-state index contributed by atoms with van der Waals surface area (Å²) in [5.74, 6) is 1.04. The minimum absolute atomic E-state index is 0.0584. The summed E-state index contributed by atoms with van der Waals surface area (Å²) < 4.78 is 36.5. The number of sulfone groups is 1. The van der Waals surface area contributed by atoms with Crippen LogP contribution in [0, 0.1) is 68.0 Å². The molecule has 0 amide bonds. The summed E-state index contributed by atoms with van der Waals surface area (Å²) in [5.41, 5.74) is 2.95. The number of allylic oxidation sites excluding steroid dienone is 2. The van der Waals surface area contributed by atoms with Crippen molar-refractivity contribution < 1.29 is 37.4 Å². The Bertz CT molecular complexity index is 2160. The molecule has 8 rings (SSSR count). The van der Waals surface area contributed by atoms with Gasteiger partial charge < -0.3 is 19.9 Å². The molecule has 6 fully saturated rings. The predicted octanol–water partition coefficient (Wildman–Crippen LogP) is 9.57.